The fraction of sp³-hybridized carbons (Fsp3) is 0.160. The van der Waals surface area contributed by atoms with E-state index in [9.17, 15) is 22.8 Å². The number of alkyl halides is 3. The third-order valence-electron chi connectivity index (χ3n) is 5.34. The van der Waals surface area contributed by atoms with Gasteiger partial charge in [-0.1, -0.05) is 12.1 Å². The Bertz CT molecular complexity index is 1490. The van der Waals surface area contributed by atoms with Crippen molar-refractivity contribution < 1.29 is 18.0 Å². The van der Waals surface area contributed by atoms with Crippen LogP contribution in [0.2, 0.25) is 0 Å². The van der Waals surface area contributed by atoms with E-state index in [1.54, 1.807) is 43.3 Å². The van der Waals surface area contributed by atoms with Crippen LogP contribution < -0.4 is 10.9 Å². The van der Waals surface area contributed by atoms with Crippen LogP contribution in [0, 0.1) is 11.3 Å². The molecule has 10 heteroatoms. The van der Waals surface area contributed by atoms with Crippen molar-refractivity contribution in [1.82, 2.24) is 19.9 Å². The monoisotopic (exact) mass is 477 g/mol. The summed E-state index contributed by atoms with van der Waals surface area (Å²) in [5.74, 6) is -0.245. The number of pyridine rings is 1. The first-order valence-corrected chi connectivity index (χ1v) is 10.5. The fourth-order valence-corrected chi connectivity index (χ4v) is 3.62. The summed E-state index contributed by atoms with van der Waals surface area (Å²) in [6.07, 6.45) is -3.12. The molecule has 0 spiro atoms. The number of fused-ring (bicyclic) bond motifs is 1. The van der Waals surface area contributed by atoms with E-state index in [1.165, 1.54) is 22.9 Å². The first-order chi connectivity index (χ1) is 16.7. The molecule has 2 aromatic carbocycles. The van der Waals surface area contributed by atoms with Gasteiger partial charge in [-0.05, 0) is 61.0 Å². The normalized spacial score (nSPS) is 12.2. The van der Waals surface area contributed by atoms with Gasteiger partial charge in [0, 0.05) is 6.20 Å². The molecule has 0 saturated heterocycles. The molecule has 0 aliphatic carbocycles. The fourth-order valence-electron chi connectivity index (χ4n) is 3.62. The molecule has 176 valence electrons. The Morgan fingerprint density at radius 1 is 1.11 bits per heavy atom. The van der Waals surface area contributed by atoms with Gasteiger partial charge in [-0.2, -0.15) is 18.4 Å². The number of halogens is 3. The van der Waals surface area contributed by atoms with Crippen LogP contribution in [-0.2, 0) is 17.4 Å². The molecule has 4 rings (SSSR count). The van der Waals surface area contributed by atoms with E-state index in [0.717, 1.165) is 12.1 Å². The highest BCUT2D eigenvalue weighted by Gasteiger charge is 2.30. The van der Waals surface area contributed by atoms with Crippen LogP contribution in [0.25, 0.3) is 16.7 Å². The van der Waals surface area contributed by atoms with E-state index in [0.29, 0.717) is 16.8 Å². The predicted molar refractivity (Wildman–Crippen MR) is 122 cm³/mol. The molecular formula is C25H18F3N5O2. The van der Waals surface area contributed by atoms with Gasteiger partial charge in [-0.3, -0.25) is 14.2 Å². The molecule has 0 saturated carbocycles. The van der Waals surface area contributed by atoms with Gasteiger partial charge in [0.1, 0.15) is 5.82 Å². The average Bonchev–Trinajstić information content (AvgIpc) is 2.84. The minimum atomic E-state index is -4.46. The first kappa shape index (κ1) is 23.6. The minimum Gasteiger partial charge on any atom is -0.346 e. The molecule has 1 atom stereocenters. The molecule has 0 unspecified atom stereocenters. The Morgan fingerprint density at radius 3 is 2.43 bits per heavy atom. The Labute approximate surface area is 197 Å². The number of hydrogen-bond acceptors (Lipinski definition) is 5. The van der Waals surface area contributed by atoms with Crippen molar-refractivity contribution in [3.05, 3.63) is 99.7 Å². The van der Waals surface area contributed by atoms with Gasteiger partial charge in [-0.15, -0.1) is 0 Å². The molecule has 0 radical (unpaired) electrons. The van der Waals surface area contributed by atoms with E-state index < -0.39 is 29.2 Å². The summed E-state index contributed by atoms with van der Waals surface area (Å²) in [5, 5.41) is 12.1. The topological polar surface area (TPSA) is 101 Å². The maximum absolute atomic E-state index is 13.3. The lowest BCUT2D eigenvalue weighted by molar-refractivity contribution is -0.137. The van der Waals surface area contributed by atoms with E-state index in [1.807, 2.05) is 6.07 Å². The highest BCUT2D eigenvalue weighted by Crippen LogP contribution is 2.29. The largest absolute Gasteiger partial charge is 0.416 e. The Kier molecular flexibility index (Phi) is 6.34. The molecule has 1 amide bonds. The van der Waals surface area contributed by atoms with Gasteiger partial charge in [0.05, 0.1) is 40.7 Å². The number of nitrogens with one attached hydrogen (secondary N) is 1. The van der Waals surface area contributed by atoms with Gasteiger partial charge >= 0.3 is 6.18 Å². The third kappa shape index (κ3) is 5.04. The summed E-state index contributed by atoms with van der Waals surface area (Å²) in [4.78, 5) is 34.6. The van der Waals surface area contributed by atoms with Crippen LogP contribution in [0.5, 0.6) is 0 Å². The van der Waals surface area contributed by atoms with Gasteiger partial charge in [0.15, 0.2) is 5.65 Å². The van der Waals surface area contributed by atoms with E-state index >= 15 is 0 Å². The van der Waals surface area contributed by atoms with Gasteiger partial charge in [-0.25, -0.2) is 9.97 Å². The quantitative estimate of drug-likeness (QED) is 0.467. The van der Waals surface area contributed by atoms with Crippen molar-refractivity contribution in [3.63, 3.8) is 0 Å². The predicted octanol–water partition coefficient (Wildman–Crippen LogP) is 4.09. The molecular weight excluding hydrogens is 459 g/mol. The Balaban J connectivity index is 1.65. The summed E-state index contributed by atoms with van der Waals surface area (Å²) < 4.78 is 39.7. The molecule has 0 aliphatic rings. The lowest BCUT2D eigenvalue weighted by Crippen LogP contribution is -2.34. The highest BCUT2D eigenvalue weighted by atomic mass is 19.4. The number of nitrogens with zero attached hydrogens (tertiary/aromatic N) is 4. The number of amides is 1. The van der Waals surface area contributed by atoms with Crippen molar-refractivity contribution in [2.45, 2.75) is 25.6 Å². The summed E-state index contributed by atoms with van der Waals surface area (Å²) >= 11 is 0. The number of carbonyl (C=O) groups is 1. The second kappa shape index (κ2) is 9.38. The van der Waals surface area contributed by atoms with Crippen LogP contribution in [0.3, 0.4) is 0 Å². The van der Waals surface area contributed by atoms with Crippen molar-refractivity contribution in [1.29, 1.82) is 5.26 Å². The summed E-state index contributed by atoms with van der Waals surface area (Å²) in [6, 6.07) is 15.1. The Morgan fingerprint density at radius 2 is 1.80 bits per heavy atom. The van der Waals surface area contributed by atoms with Gasteiger partial charge in [0.2, 0.25) is 5.91 Å². The van der Waals surface area contributed by atoms with Crippen molar-refractivity contribution in [2.24, 2.45) is 0 Å². The number of rotatable bonds is 5. The first-order valence-electron chi connectivity index (χ1n) is 10.5. The van der Waals surface area contributed by atoms with Gasteiger partial charge < -0.3 is 5.32 Å². The number of aromatic nitrogens is 3. The Hall–Kier alpha value is -4.52. The zero-order valence-corrected chi connectivity index (χ0v) is 18.4. The van der Waals surface area contributed by atoms with Crippen molar-refractivity contribution in [3.8, 4) is 11.8 Å². The minimum absolute atomic E-state index is 0.157. The lowest BCUT2D eigenvalue weighted by Gasteiger charge is -2.19. The summed E-state index contributed by atoms with van der Waals surface area (Å²) in [6.45, 7) is 1.64. The van der Waals surface area contributed by atoms with Crippen LogP contribution >= 0.6 is 0 Å². The number of hydrogen-bond donors (Lipinski definition) is 1. The van der Waals surface area contributed by atoms with Crippen LogP contribution in [0.15, 0.2) is 71.7 Å². The molecule has 0 aliphatic heterocycles. The molecule has 2 aromatic heterocycles. The second-order valence-corrected chi connectivity index (χ2v) is 7.80. The number of carbonyl (C=O) groups excluding carboxylic acids is 1. The van der Waals surface area contributed by atoms with Gasteiger partial charge in [0.25, 0.3) is 5.56 Å². The summed E-state index contributed by atoms with van der Waals surface area (Å²) in [5.41, 5.74) is 0.283. The smallest absolute Gasteiger partial charge is 0.346 e. The van der Waals surface area contributed by atoms with Crippen molar-refractivity contribution in [2.75, 3.05) is 0 Å². The van der Waals surface area contributed by atoms with Crippen LogP contribution in [-0.4, -0.2) is 20.4 Å². The molecule has 7 nitrogen and oxygen atoms in total. The highest BCUT2D eigenvalue weighted by molar-refractivity contribution is 5.79. The molecule has 0 bridgehead atoms. The SMILES string of the molecule is C[C@@H](NC(=O)Cc1ccc(C(F)(F)F)cc1)c1nc2ncccc2c(=O)n1-c1ccc(C#N)cc1. The maximum Gasteiger partial charge on any atom is 0.416 e. The van der Waals surface area contributed by atoms with Crippen LogP contribution in [0.1, 0.15) is 35.5 Å². The lowest BCUT2D eigenvalue weighted by atomic mass is 10.1. The average molecular weight is 477 g/mol. The molecule has 0 fully saturated rings. The summed E-state index contributed by atoms with van der Waals surface area (Å²) in [7, 11) is 0. The van der Waals surface area contributed by atoms with Crippen molar-refractivity contribution >= 4 is 16.9 Å². The third-order valence-corrected chi connectivity index (χ3v) is 5.34. The zero-order valence-electron chi connectivity index (χ0n) is 18.4. The van der Waals surface area contributed by atoms with E-state index in [2.05, 4.69) is 15.3 Å². The zero-order chi connectivity index (χ0) is 25.2. The number of benzene rings is 2. The molecule has 1 N–H and O–H groups in total. The van der Waals surface area contributed by atoms with Crippen LogP contribution in [0.4, 0.5) is 13.2 Å². The molecule has 35 heavy (non-hydrogen) atoms. The second-order valence-electron chi connectivity index (χ2n) is 7.80. The number of nitriles is 1. The molecule has 2 heterocycles. The molecule has 4 aromatic rings. The van der Waals surface area contributed by atoms with E-state index in [-0.39, 0.29) is 23.3 Å². The maximum atomic E-state index is 13.3. The van der Waals surface area contributed by atoms with E-state index in [4.69, 9.17) is 5.26 Å². The standard InChI is InChI=1S/C25H18F3N5O2/c1-15(31-21(34)13-16-4-8-18(9-5-16)25(26,27)28)23-32-22-20(3-2-12-30-22)24(35)33(23)19-10-6-17(14-29)7-11-19/h2-12,15H,13H2,1H3,(H,31,34)/t15-/m1/s1.